The van der Waals surface area contributed by atoms with Crippen LogP contribution in [0.25, 0.3) is 0 Å². The molecule has 1 aliphatic heterocycles. The van der Waals surface area contributed by atoms with Crippen LogP contribution in [0.15, 0.2) is 18.7 Å². The quantitative estimate of drug-likeness (QED) is 0.842. The van der Waals surface area contributed by atoms with Gasteiger partial charge in [-0.3, -0.25) is 0 Å². The van der Waals surface area contributed by atoms with E-state index in [9.17, 15) is 0 Å². The van der Waals surface area contributed by atoms with Gasteiger partial charge in [-0.2, -0.15) is 0 Å². The molecule has 0 atom stereocenters. The predicted octanol–water partition coefficient (Wildman–Crippen LogP) is 1.76. The molecule has 1 aliphatic rings. The van der Waals surface area contributed by atoms with E-state index in [-0.39, 0.29) is 0 Å². The van der Waals surface area contributed by atoms with Gasteiger partial charge in [0.2, 0.25) is 0 Å². The Morgan fingerprint density at radius 1 is 1.25 bits per heavy atom. The molecule has 1 fully saturated rings. The van der Waals surface area contributed by atoms with Gasteiger partial charge in [0.25, 0.3) is 0 Å². The smallest absolute Gasteiger partial charge is 0.115 e. The maximum atomic E-state index is 4.01. The topological polar surface area (TPSA) is 41.0 Å². The van der Waals surface area contributed by atoms with E-state index in [1.807, 2.05) is 12.4 Å². The van der Waals surface area contributed by atoms with Crippen molar-refractivity contribution in [1.29, 1.82) is 0 Å². The molecule has 4 nitrogen and oxygen atoms in total. The van der Waals surface area contributed by atoms with Crippen molar-refractivity contribution >= 4 is 5.69 Å². The van der Waals surface area contributed by atoms with E-state index in [0.29, 0.717) is 12.1 Å². The highest BCUT2D eigenvalue weighted by Gasteiger charge is 2.20. The third kappa shape index (κ3) is 2.92. The minimum Gasteiger partial charge on any atom is -0.380 e. The van der Waals surface area contributed by atoms with E-state index in [1.165, 1.54) is 25.9 Å². The Morgan fingerprint density at radius 2 is 1.88 bits per heavy atom. The molecule has 1 aromatic heterocycles. The second-order valence-electron chi connectivity index (χ2n) is 4.68. The SMILES string of the molecule is CC(C)N1CCC(Nc2cncnc2)CC1. The highest BCUT2D eigenvalue weighted by molar-refractivity contribution is 5.38. The average molecular weight is 220 g/mol. The molecule has 4 heteroatoms. The molecular weight excluding hydrogens is 200 g/mol. The van der Waals surface area contributed by atoms with Gasteiger partial charge in [0, 0.05) is 25.2 Å². The number of hydrogen-bond donors (Lipinski definition) is 1. The Bertz CT molecular complexity index is 304. The highest BCUT2D eigenvalue weighted by atomic mass is 15.2. The van der Waals surface area contributed by atoms with Crippen LogP contribution in [0.2, 0.25) is 0 Å². The van der Waals surface area contributed by atoms with Gasteiger partial charge in [-0.1, -0.05) is 0 Å². The third-order valence-corrected chi connectivity index (χ3v) is 3.19. The Morgan fingerprint density at radius 3 is 2.44 bits per heavy atom. The molecule has 16 heavy (non-hydrogen) atoms. The van der Waals surface area contributed by atoms with Gasteiger partial charge < -0.3 is 10.2 Å². The standard InChI is InChI=1S/C12H20N4/c1-10(2)16-5-3-11(4-6-16)15-12-7-13-9-14-8-12/h7-11,15H,3-6H2,1-2H3. The number of piperidine rings is 1. The average Bonchev–Trinajstić information content (AvgIpc) is 2.31. The van der Waals surface area contributed by atoms with E-state index < -0.39 is 0 Å². The number of nitrogens with zero attached hydrogens (tertiary/aromatic N) is 3. The largest absolute Gasteiger partial charge is 0.380 e. The van der Waals surface area contributed by atoms with Crippen LogP contribution in [0, 0.1) is 0 Å². The zero-order valence-corrected chi connectivity index (χ0v) is 10.1. The van der Waals surface area contributed by atoms with Gasteiger partial charge in [0.15, 0.2) is 0 Å². The number of anilines is 1. The van der Waals surface area contributed by atoms with Crippen LogP contribution >= 0.6 is 0 Å². The van der Waals surface area contributed by atoms with Crippen molar-refractivity contribution in [3.8, 4) is 0 Å². The molecule has 0 spiro atoms. The van der Waals surface area contributed by atoms with Gasteiger partial charge in [0.05, 0.1) is 18.1 Å². The molecule has 0 bridgehead atoms. The van der Waals surface area contributed by atoms with Crippen LogP contribution in [0.5, 0.6) is 0 Å². The maximum absolute atomic E-state index is 4.01. The van der Waals surface area contributed by atoms with Crippen molar-refractivity contribution in [2.75, 3.05) is 18.4 Å². The number of likely N-dealkylation sites (tertiary alicyclic amines) is 1. The third-order valence-electron chi connectivity index (χ3n) is 3.19. The molecule has 0 aliphatic carbocycles. The molecule has 0 radical (unpaired) electrons. The van der Waals surface area contributed by atoms with E-state index in [1.54, 1.807) is 6.33 Å². The van der Waals surface area contributed by atoms with E-state index >= 15 is 0 Å². The summed E-state index contributed by atoms with van der Waals surface area (Å²) in [7, 11) is 0. The first-order valence-corrected chi connectivity index (χ1v) is 6.01. The second kappa shape index (κ2) is 5.25. The summed E-state index contributed by atoms with van der Waals surface area (Å²) in [5, 5.41) is 3.49. The van der Waals surface area contributed by atoms with Crippen molar-refractivity contribution in [2.24, 2.45) is 0 Å². The van der Waals surface area contributed by atoms with Crippen LogP contribution in [0.4, 0.5) is 5.69 Å². The lowest BCUT2D eigenvalue weighted by Gasteiger charge is -2.35. The van der Waals surface area contributed by atoms with Crippen molar-refractivity contribution in [1.82, 2.24) is 14.9 Å². The van der Waals surface area contributed by atoms with Gasteiger partial charge in [-0.05, 0) is 26.7 Å². The van der Waals surface area contributed by atoms with Crippen molar-refractivity contribution in [2.45, 2.75) is 38.8 Å². The summed E-state index contributed by atoms with van der Waals surface area (Å²) in [5.74, 6) is 0. The first-order valence-electron chi connectivity index (χ1n) is 6.01. The predicted molar refractivity (Wildman–Crippen MR) is 65.4 cm³/mol. The van der Waals surface area contributed by atoms with Gasteiger partial charge in [-0.15, -0.1) is 0 Å². The number of aromatic nitrogens is 2. The number of nitrogens with one attached hydrogen (secondary N) is 1. The molecule has 2 rings (SSSR count). The van der Waals surface area contributed by atoms with Crippen molar-refractivity contribution in [3.63, 3.8) is 0 Å². The van der Waals surface area contributed by atoms with Gasteiger partial charge >= 0.3 is 0 Å². The Kier molecular flexibility index (Phi) is 3.72. The van der Waals surface area contributed by atoms with Crippen molar-refractivity contribution in [3.05, 3.63) is 18.7 Å². The zero-order valence-electron chi connectivity index (χ0n) is 10.1. The molecule has 0 aromatic carbocycles. The molecule has 0 amide bonds. The molecule has 88 valence electrons. The summed E-state index contributed by atoms with van der Waals surface area (Å²) in [6, 6.07) is 1.24. The molecule has 1 aromatic rings. The number of rotatable bonds is 3. The summed E-state index contributed by atoms with van der Waals surface area (Å²) in [6.45, 7) is 6.89. The van der Waals surface area contributed by atoms with E-state index in [2.05, 4.69) is 34.0 Å². The fourth-order valence-corrected chi connectivity index (χ4v) is 2.17. The summed E-state index contributed by atoms with van der Waals surface area (Å²) < 4.78 is 0. The van der Waals surface area contributed by atoms with Crippen LogP contribution in [0.1, 0.15) is 26.7 Å². The summed E-state index contributed by atoms with van der Waals surface area (Å²) >= 11 is 0. The van der Waals surface area contributed by atoms with Crippen LogP contribution in [-0.4, -0.2) is 40.0 Å². The van der Waals surface area contributed by atoms with Gasteiger partial charge in [-0.25, -0.2) is 9.97 Å². The molecule has 1 N–H and O–H groups in total. The summed E-state index contributed by atoms with van der Waals surface area (Å²) in [5.41, 5.74) is 1.03. The van der Waals surface area contributed by atoms with Crippen LogP contribution in [-0.2, 0) is 0 Å². The number of hydrogen-bond acceptors (Lipinski definition) is 4. The summed E-state index contributed by atoms with van der Waals surface area (Å²) in [4.78, 5) is 10.5. The fraction of sp³-hybridized carbons (Fsp3) is 0.667. The molecule has 2 heterocycles. The lowest BCUT2D eigenvalue weighted by molar-refractivity contribution is 0.177. The minimum atomic E-state index is 0.570. The van der Waals surface area contributed by atoms with Crippen LogP contribution < -0.4 is 5.32 Å². The van der Waals surface area contributed by atoms with Crippen molar-refractivity contribution < 1.29 is 0 Å². The molecule has 0 unspecified atom stereocenters. The highest BCUT2D eigenvalue weighted by Crippen LogP contribution is 2.16. The Balaban J connectivity index is 1.82. The first-order chi connectivity index (χ1) is 7.75. The second-order valence-corrected chi connectivity index (χ2v) is 4.68. The zero-order chi connectivity index (χ0) is 11.4. The first kappa shape index (κ1) is 11.3. The van der Waals surface area contributed by atoms with E-state index in [4.69, 9.17) is 0 Å². The summed E-state index contributed by atoms with van der Waals surface area (Å²) in [6.07, 6.45) is 7.64. The minimum absolute atomic E-state index is 0.570. The lowest BCUT2D eigenvalue weighted by atomic mass is 10.0. The molecule has 0 saturated carbocycles. The maximum Gasteiger partial charge on any atom is 0.115 e. The van der Waals surface area contributed by atoms with E-state index in [0.717, 1.165) is 5.69 Å². The molecule has 1 saturated heterocycles. The molecular formula is C12H20N4. The van der Waals surface area contributed by atoms with Gasteiger partial charge in [0.1, 0.15) is 6.33 Å². The lowest BCUT2D eigenvalue weighted by Crippen LogP contribution is -2.42. The fourth-order valence-electron chi connectivity index (χ4n) is 2.17. The van der Waals surface area contributed by atoms with Crippen LogP contribution in [0.3, 0.4) is 0 Å². The normalized spacial score (nSPS) is 18.9. The Hall–Kier alpha value is -1.16. The Labute approximate surface area is 97.1 Å². The monoisotopic (exact) mass is 220 g/mol.